The second-order valence-electron chi connectivity index (χ2n) is 4.41. The van der Waals surface area contributed by atoms with Crippen LogP contribution >= 0.6 is 11.8 Å². The number of pyridine rings is 1. The molecule has 0 unspecified atom stereocenters. The van der Waals surface area contributed by atoms with Gasteiger partial charge in [0, 0.05) is 30.8 Å². The number of nitrogens with zero attached hydrogens (tertiary/aromatic N) is 1. The Morgan fingerprint density at radius 2 is 1.81 bits per heavy atom. The van der Waals surface area contributed by atoms with Crippen molar-refractivity contribution >= 4 is 17.4 Å². The fourth-order valence-corrected chi connectivity index (χ4v) is 2.25. The van der Waals surface area contributed by atoms with E-state index in [1.165, 1.54) is 22.8 Å². The number of benzene rings is 1. The molecule has 0 saturated carbocycles. The van der Waals surface area contributed by atoms with Gasteiger partial charge in [0.1, 0.15) is 0 Å². The standard InChI is InChI=1S/C14H13F3N2OS/c1-19-9-11(4-7-13(19)20)18-8-10-2-5-12(6-3-10)21-14(15,16)17/h2-7,9,18H,8H2,1H3. The van der Waals surface area contributed by atoms with Crippen molar-refractivity contribution in [3.05, 3.63) is 58.5 Å². The fraction of sp³-hybridized carbons (Fsp3) is 0.214. The van der Waals surface area contributed by atoms with E-state index in [1.807, 2.05) is 0 Å². The third-order valence-corrected chi connectivity index (χ3v) is 3.48. The molecule has 1 heterocycles. The Balaban J connectivity index is 1.97. The highest BCUT2D eigenvalue weighted by Crippen LogP contribution is 2.36. The smallest absolute Gasteiger partial charge is 0.380 e. The van der Waals surface area contributed by atoms with Gasteiger partial charge in [-0.3, -0.25) is 4.79 Å². The Morgan fingerprint density at radius 3 is 2.38 bits per heavy atom. The first-order valence-corrected chi connectivity index (χ1v) is 6.90. The molecule has 112 valence electrons. The van der Waals surface area contributed by atoms with Crippen LogP contribution in [-0.4, -0.2) is 10.1 Å². The summed E-state index contributed by atoms with van der Waals surface area (Å²) in [5.74, 6) is 0. The molecule has 7 heteroatoms. The van der Waals surface area contributed by atoms with Gasteiger partial charge in [-0.1, -0.05) is 12.1 Å². The predicted molar refractivity (Wildman–Crippen MR) is 77.4 cm³/mol. The minimum Gasteiger partial charge on any atom is -0.380 e. The summed E-state index contributed by atoms with van der Waals surface area (Å²) in [6.07, 6.45) is 1.66. The molecule has 0 bridgehead atoms. The first-order valence-electron chi connectivity index (χ1n) is 6.09. The molecule has 2 aromatic rings. The van der Waals surface area contributed by atoms with Crippen LogP contribution in [0.5, 0.6) is 0 Å². The van der Waals surface area contributed by atoms with E-state index >= 15 is 0 Å². The summed E-state index contributed by atoms with van der Waals surface area (Å²) in [7, 11) is 1.65. The van der Waals surface area contributed by atoms with Gasteiger partial charge in [-0.2, -0.15) is 13.2 Å². The molecular formula is C14H13F3N2OS. The molecule has 0 amide bonds. The van der Waals surface area contributed by atoms with Gasteiger partial charge in [0.25, 0.3) is 0 Å². The van der Waals surface area contributed by atoms with Crippen LogP contribution in [0.15, 0.2) is 52.3 Å². The predicted octanol–water partition coefficient (Wildman–Crippen LogP) is 3.61. The average molecular weight is 314 g/mol. The second kappa shape index (κ2) is 6.26. The number of thioether (sulfide) groups is 1. The highest BCUT2D eigenvalue weighted by atomic mass is 32.2. The lowest BCUT2D eigenvalue weighted by molar-refractivity contribution is -0.0328. The van der Waals surface area contributed by atoms with E-state index in [9.17, 15) is 18.0 Å². The summed E-state index contributed by atoms with van der Waals surface area (Å²) < 4.78 is 38.1. The minimum atomic E-state index is -4.27. The third-order valence-electron chi connectivity index (χ3n) is 2.74. The van der Waals surface area contributed by atoms with Crippen LogP contribution in [0, 0.1) is 0 Å². The fourth-order valence-electron chi connectivity index (χ4n) is 1.71. The molecule has 0 saturated heterocycles. The second-order valence-corrected chi connectivity index (χ2v) is 5.55. The van der Waals surface area contributed by atoms with Crippen molar-refractivity contribution in [3.63, 3.8) is 0 Å². The number of hydrogen-bond acceptors (Lipinski definition) is 3. The Kier molecular flexibility index (Phi) is 4.62. The van der Waals surface area contributed by atoms with Gasteiger partial charge in [-0.15, -0.1) is 0 Å². The number of hydrogen-bond donors (Lipinski definition) is 1. The lowest BCUT2D eigenvalue weighted by Crippen LogP contribution is -2.15. The van der Waals surface area contributed by atoms with Crippen LogP contribution in [0.2, 0.25) is 0 Å². The maximum absolute atomic E-state index is 12.2. The van der Waals surface area contributed by atoms with Gasteiger partial charge >= 0.3 is 5.51 Å². The Hall–Kier alpha value is -1.89. The third kappa shape index (κ3) is 4.86. The molecule has 0 aliphatic rings. The molecule has 0 aliphatic carbocycles. The first kappa shape index (κ1) is 15.5. The Labute approximate surface area is 123 Å². The molecule has 1 aromatic carbocycles. The quantitative estimate of drug-likeness (QED) is 0.876. The first-order chi connectivity index (χ1) is 9.83. The molecule has 0 fully saturated rings. The SMILES string of the molecule is Cn1cc(NCc2ccc(SC(F)(F)F)cc2)ccc1=O. The summed E-state index contributed by atoms with van der Waals surface area (Å²) in [4.78, 5) is 11.4. The number of nitrogens with one attached hydrogen (secondary N) is 1. The van der Waals surface area contributed by atoms with Gasteiger partial charge in [-0.05, 0) is 35.5 Å². The summed E-state index contributed by atoms with van der Waals surface area (Å²) in [6.45, 7) is 0.467. The summed E-state index contributed by atoms with van der Waals surface area (Å²) in [5, 5.41) is 3.11. The van der Waals surface area contributed by atoms with Crippen LogP contribution in [-0.2, 0) is 13.6 Å². The Morgan fingerprint density at radius 1 is 1.14 bits per heavy atom. The van der Waals surface area contributed by atoms with Crippen molar-refractivity contribution in [2.24, 2.45) is 7.05 Å². The van der Waals surface area contributed by atoms with E-state index in [2.05, 4.69) is 5.32 Å². The number of halogens is 3. The van der Waals surface area contributed by atoms with Gasteiger partial charge in [0.15, 0.2) is 0 Å². The molecule has 3 nitrogen and oxygen atoms in total. The molecule has 0 aliphatic heterocycles. The maximum atomic E-state index is 12.2. The number of anilines is 1. The van der Waals surface area contributed by atoms with E-state index in [0.717, 1.165) is 11.3 Å². The van der Waals surface area contributed by atoms with Gasteiger partial charge in [-0.25, -0.2) is 0 Å². The van der Waals surface area contributed by atoms with Crippen LogP contribution in [0.4, 0.5) is 18.9 Å². The maximum Gasteiger partial charge on any atom is 0.446 e. The summed E-state index contributed by atoms with van der Waals surface area (Å²) >= 11 is -0.131. The molecule has 1 aromatic heterocycles. The average Bonchev–Trinajstić information content (AvgIpc) is 2.40. The van der Waals surface area contributed by atoms with Gasteiger partial charge < -0.3 is 9.88 Å². The lowest BCUT2D eigenvalue weighted by atomic mass is 10.2. The number of aromatic nitrogens is 1. The molecule has 1 N–H and O–H groups in total. The van der Waals surface area contributed by atoms with Crippen molar-refractivity contribution in [1.82, 2.24) is 4.57 Å². The number of alkyl halides is 3. The van der Waals surface area contributed by atoms with Crippen LogP contribution in [0.1, 0.15) is 5.56 Å². The molecule has 0 radical (unpaired) electrons. The van der Waals surface area contributed by atoms with Crippen molar-refractivity contribution in [2.75, 3.05) is 5.32 Å². The number of rotatable bonds is 4. The molecule has 0 atom stereocenters. The highest BCUT2D eigenvalue weighted by Gasteiger charge is 2.28. The molecule has 0 spiro atoms. The zero-order valence-corrected chi connectivity index (χ0v) is 12.0. The normalized spacial score (nSPS) is 11.4. The zero-order valence-electron chi connectivity index (χ0n) is 11.1. The molecular weight excluding hydrogens is 301 g/mol. The van der Waals surface area contributed by atoms with E-state index < -0.39 is 5.51 Å². The summed E-state index contributed by atoms with van der Waals surface area (Å²) in [6, 6.07) is 9.28. The van der Waals surface area contributed by atoms with E-state index in [0.29, 0.717) is 6.54 Å². The number of aryl methyl sites for hydroxylation is 1. The molecule has 2 rings (SSSR count). The van der Waals surface area contributed by atoms with Crippen LogP contribution in [0.3, 0.4) is 0 Å². The minimum absolute atomic E-state index is 0.103. The van der Waals surface area contributed by atoms with Crippen molar-refractivity contribution in [1.29, 1.82) is 0 Å². The van der Waals surface area contributed by atoms with Gasteiger partial charge in [0.05, 0.1) is 5.69 Å². The summed E-state index contributed by atoms with van der Waals surface area (Å²) in [5.41, 5.74) is -2.75. The van der Waals surface area contributed by atoms with Gasteiger partial charge in [0.2, 0.25) is 5.56 Å². The molecule has 21 heavy (non-hydrogen) atoms. The topological polar surface area (TPSA) is 34.0 Å². The monoisotopic (exact) mass is 314 g/mol. The van der Waals surface area contributed by atoms with Crippen molar-refractivity contribution < 1.29 is 13.2 Å². The van der Waals surface area contributed by atoms with E-state index in [-0.39, 0.29) is 22.2 Å². The van der Waals surface area contributed by atoms with Crippen LogP contribution < -0.4 is 10.9 Å². The van der Waals surface area contributed by atoms with Crippen molar-refractivity contribution in [2.45, 2.75) is 16.9 Å². The highest BCUT2D eigenvalue weighted by molar-refractivity contribution is 8.00. The van der Waals surface area contributed by atoms with Crippen molar-refractivity contribution in [3.8, 4) is 0 Å². The van der Waals surface area contributed by atoms with Crippen LogP contribution in [0.25, 0.3) is 0 Å². The largest absolute Gasteiger partial charge is 0.446 e. The zero-order chi connectivity index (χ0) is 15.5. The lowest BCUT2D eigenvalue weighted by Gasteiger charge is -2.09. The van der Waals surface area contributed by atoms with E-state index in [1.54, 1.807) is 31.4 Å². The Bertz CT molecular complexity index is 665. The van der Waals surface area contributed by atoms with E-state index in [4.69, 9.17) is 0 Å².